The normalized spacial score (nSPS) is 10.1. The molecule has 1 aromatic rings. The highest BCUT2D eigenvalue weighted by molar-refractivity contribution is 7.99. The third-order valence-corrected chi connectivity index (χ3v) is 2.92. The van der Waals surface area contributed by atoms with Crippen molar-refractivity contribution in [3.63, 3.8) is 0 Å². The van der Waals surface area contributed by atoms with Crippen molar-refractivity contribution in [2.75, 3.05) is 24.2 Å². The van der Waals surface area contributed by atoms with Gasteiger partial charge in [-0.15, -0.1) is 11.8 Å². The van der Waals surface area contributed by atoms with Crippen molar-refractivity contribution in [1.29, 1.82) is 0 Å². The second kappa shape index (κ2) is 6.34. The van der Waals surface area contributed by atoms with E-state index in [2.05, 4.69) is 5.32 Å². The number of aliphatic hydroxyl groups is 1. The van der Waals surface area contributed by atoms with Crippen LogP contribution in [-0.4, -0.2) is 28.9 Å². The van der Waals surface area contributed by atoms with Gasteiger partial charge in [0.1, 0.15) is 5.69 Å². The quantitative estimate of drug-likeness (QED) is 0.454. The number of rotatable bonds is 6. The monoisotopic (exact) mass is 242 g/mol. The first-order valence-corrected chi connectivity index (χ1v) is 5.94. The van der Waals surface area contributed by atoms with Gasteiger partial charge in [-0.1, -0.05) is 6.07 Å². The number of nitrogens with zero attached hydrogens (tertiary/aromatic N) is 1. The number of nitro benzene ring substituents is 1. The molecule has 5 nitrogen and oxygen atoms in total. The van der Waals surface area contributed by atoms with Crippen LogP contribution >= 0.6 is 11.8 Å². The third-order valence-electron chi connectivity index (χ3n) is 1.90. The number of nitro groups is 1. The van der Waals surface area contributed by atoms with E-state index < -0.39 is 4.92 Å². The molecule has 0 aliphatic heterocycles. The van der Waals surface area contributed by atoms with Crippen molar-refractivity contribution in [1.82, 2.24) is 0 Å². The number of thioether (sulfide) groups is 1. The van der Waals surface area contributed by atoms with E-state index in [1.165, 1.54) is 11.8 Å². The molecular weight excluding hydrogens is 228 g/mol. The molecule has 0 radical (unpaired) electrons. The number of benzene rings is 1. The summed E-state index contributed by atoms with van der Waals surface area (Å²) in [5, 5.41) is 22.7. The molecule has 1 rings (SSSR count). The average molecular weight is 242 g/mol. The Morgan fingerprint density at radius 1 is 1.56 bits per heavy atom. The molecule has 2 N–H and O–H groups in total. The van der Waals surface area contributed by atoms with Gasteiger partial charge in [0.15, 0.2) is 0 Å². The Kier molecular flexibility index (Phi) is 5.07. The Hall–Kier alpha value is -1.27. The van der Waals surface area contributed by atoms with Crippen LogP contribution in [0.25, 0.3) is 0 Å². The second-order valence-electron chi connectivity index (χ2n) is 3.01. The molecule has 6 heteroatoms. The van der Waals surface area contributed by atoms with Gasteiger partial charge in [0.25, 0.3) is 0 Å². The zero-order valence-electron chi connectivity index (χ0n) is 8.97. The Bertz CT molecular complexity index is 371. The molecule has 0 unspecified atom stereocenters. The highest BCUT2D eigenvalue weighted by Crippen LogP contribution is 2.35. The maximum Gasteiger partial charge on any atom is 0.305 e. The van der Waals surface area contributed by atoms with E-state index in [1.807, 2.05) is 6.92 Å². The summed E-state index contributed by atoms with van der Waals surface area (Å²) >= 11 is 1.28. The fourth-order valence-corrected chi connectivity index (χ4v) is 2.12. The van der Waals surface area contributed by atoms with Crippen molar-refractivity contribution in [3.05, 3.63) is 28.3 Å². The average Bonchev–Trinajstić information content (AvgIpc) is 2.26. The lowest BCUT2D eigenvalue weighted by molar-refractivity contribution is -0.386. The summed E-state index contributed by atoms with van der Waals surface area (Å²) in [5.74, 6) is 0.455. The molecule has 0 amide bonds. The summed E-state index contributed by atoms with van der Waals surface area (Å²) < 4.78 is 0. The first-order valence-electron chi connectivity index (χ1n) is 4.95. The van der Waals surface area contributed by atoms with Crippen LogP contribution in [0.3, 0.4) is 0 Å². The molecule has 0 spiro atoms. The van der Waals surface area contributed by atoms with Gasteiger partial charge in [0, 0.05) is 12.3 Å². The summed E-state index contributed by atoms with van der Waals surface area (Å²) in [4.78, 5) is 11.2. The highest BCUT2D eigenvalue weighted by atomic mass is 32.2. The zero-order valence-corrected chi connectivity index (χ0v) is 9.79. The number of anilines is 1. The van der Waals surface area contributed by atoms with Gasteiger partial charge >= 0.3 is 5.69 Å². The number of para-hydroxylation sites is 1. The maximum absolute atomic E-state index is 11.0. The summed E-state index contributed by atoms with van der Waals surface area (Å²) in [7, 11) is 0. The van der Waals surface area contributed by atoms with Crippen molar-refractivity contribution < 1.29 is 10.0 Å². The molecule has 16 heavy (non-hydrogen) atoms. The molecule has 0 aromatic heterocycles. The Morgan fingerprint density at radius 3 is 2.88 bits per heavy atom. The predicted molar refractivity (Wildman–Crippen MR) is 65.1 cm³/mol. The third kappa shape index (κ3) is 3.11. The highest BCUT2D eigenvalue weighted by Gasteiger charge is 2.18. The summed E-state index contributed by atoms with van der Waals surface area (Å²) in [6.07, 6.45) is 0. The van der Waals surface area contributed by atoms with Crippen LogP contribution in [0.4, 0.5) is 11.4 Å². The fourth-order valence-electron chi connectivity index (χ4n) is 1.32. The van der Waals surface area contributed by atoms with Gasteiger partial charge < -0.3 is 10.4 Å². The molecule has 0 saturated heterocycles. The topological polar surface area (TPSA) is 75.4 Å². The van der Waals surface area contributed by atoms with Crippen LogP contribution in [-0.2, 0) is 0 Å². The molecule has 0 heterocycles. The Labute approximate surface area is 98.0 Å². The first kappa shape index (κ1) is 12.8. The minimum Gasteiger partial charge on any atom is -0.396 e. The minimum absolute atomic E-state index is 0.00720. The van der Waals surface area contributed by atoms with Gasteiger partial charge in [0.2, 0.25) is 0 Å². The van der Waals surface area contributed by atoms with Crippen molar-refractivity contribution in [3.8, 4) is 0 Å². The van der Waals surface area contributed by atoms with Gasteiger partial charge in [-0.25, -0.2) is 0 Å². The molecule has 0 saturated carbocycles. The van der Waals surface area contributed by atoms with E-state index >= 15 is 0 Å². The van der Waals surface area contributed by atoms with Crippen LogP contribution in [0.15, 0.2) is 23.1 Å². The summed E-state index contributed by atoms with van der Waals surface area (Å²) in [6, 6.07) is 5.15. The van der Waals surface area contributed by atoms with Crippen LogP contribution in [0.5, 0.6) is 0 Å². The van der Waals surface area contributed by atoms with Crippen LogP contribution < -0.4 is 5.32 Å². The summed E-state index contributed by atoms with van der Waals surface area (Å²) in [5.41, 5.74) is 0.609. The number of hydrogen-bond donors (Lipinski definition) is 2. The minimum atomic E-state index is -0.391. The molecule has 1 aromatic carbocycles. The molecule has 88 valence electrons. The van der Waals surface area contributed by atoms with E-state index in [9.17, 15) is 10.1 Å². The number of hydrogen-bond acceptors (Lipinski definition) is 5. The smallest absolute Gasteiger partial charge is 0.305 e. The summed E-state index contributed by atoms with van der Waals surface area (Å²) in [6.45, 7) is 2.53. The van der Waals surface area contributed by atoms with Crippen LogP contribution in [0.1, 0.15) is 6.92 Å². The fraction of sp³-hybridized carbons (Fsp3) is 0.400. The predicted octanol–water partition coefficient (Wildman–Crippen LogP) is 2.11. The number of aliphatic hydroxyl groups excluding tert-OH is 1. The van der Waals surface area contributed by atoms with Crippen LogP contribution in [0, 0.1) is 10.1 Å². The lowest BCUT2D eigenvalue weighted by Crippen LogP contribution is -2.02. The SMILES string of the molecule is CCNc1cccc(SCCO)c1[N+](=O)[O-]. The van der Waals surface area contributed by atoms with E-state index in [0.717, 1.165) is 0 Å². The molecular formula is C10H14N2O3S. The largest absolute Gasteiger partial charge is 0.396 e. The Morgan fingerprint density at radius 2 is 2.31 bits per heavy atom. The van der Waals surface area contributed by atoms with Gasteiger partial charge in [-0.05, 0) is 19.1 Å². The number of nitrogens with one attached hydrogen (secondary N) is 1. The zero-order chi connectivity index (χ0) is 12.0. The van der Waals surface area contributed by atoms with Gasteiger partial charge in [0.05, 0.1) is 16.4 Å². The molecule has 0 bridgehead atoms. The molecule has 0 atom stereocenters. The first-order chi connectivity index (χ1) is 7.70. The van der Waals surface area contributed by atoms with Crippen molar-refractivity contribution >= 4 is 23.1 Å². The van der Waals surface area contributed by atoms with E-state index in [4.69, 9.17) is 5.11 Å². The molecule has 0 aliphatic carbocycles. The van der Waals surface area contributed by atoms with E-state index in [1.54, 1.807) is 18.2 Å². The molecule has 0 aliphatic rings. The second-order valence-corrected chi connectivity index (χ2v) is 4.15. The lowest BCUT2D eigenvalue weighted by atomic mass is 10.2. The van der Waals surface area contributed by atoms with Crippen LogP contribution in [0.2, 0.25) is 0 Å². The maximum atomic E-state index is 11.0. The van der Waals surface area contributed by atoms with Gasteiger partial charge in [-0.2, -0.15) is 0 Å². The van der Waals surface area contributed by atoms with Gasteiger partial charge in [-0.3, -0.25) is 10.1 Å². The Balaban J connectivity index is 3.05. The van der Waals surface area contributed by atoms with E-state index in [0.29, 0.717) is 22.9 Å². The van der Waals surface area contributed by atoms with Crippen molar-refractivity contribution in [2.45, 2.75) is 11.8 Å². The molecule has 0 fully saturated rings. The van der Waals surface area contributed by atoms with Crippen molar-refractivity contribution in [2.24, 2.45) is 0 Å². The van der Waals surface area contributed by atoms with E-state index in [-0.39, 0.29) is 12.3 Å². The lowest BCUT2D eigenvalue weighted by Gasteiger charge is -2.07. The standard InChI is InChI=1S/C10H14N2O3S/c1-2-11-8-4-3-5-9(16-7-6-13)10(8)12(14)15/h3-5,11,13H,2,6-7H2,1H3.